The molecule has 0 aromatic heterocycles. The summed E-state index contributed by atoms with van der Waals surface area (Å²) in [5.74, 6) is 1.75. The number of nitrogens with zero attached hydrogens (tertiary/aromatic N) is 1. The molecule has 0 bridgehead atoms. The first-order valence-corrected chi connectivity index (χ1v) is 9.04. The van der Waals surface area contributed by atoms with Crippen LogP contribution in [0.2, 0.25) is 0 Å². The lowest BCUT2D eigenvalue weighted by molar-refractivity contribution is 0.0679. The molecule has 3 rings (SSSR count). The molecule has 0 saturated carbocycles. The molecular weight excluding hydrogens is 324 g/mol. The molecular formula is C19H31ClN2O2. The van der Waals surface area contributed by atoms with E-state index in [1.54, 1.807) is 0 Å². The van der Waals surface area contributed by atoms with E-state index < -0.39 is 0 Å². The maximum absolute atomic E-state index is 5.84. The average molecular weight is 355 g/mol. The van der Waals surface area contributed by atoms with Gasteiger partial charge in [0.15, 0.2) is 0 Å². The largest absolute Gasteiger partial charge is 0.491 e. The third-order valence-corrected chi connectivity index (χ3v) is 4.89. The van der Waals surface area contributed by atoms with E-state index in [9.17, 15) is 0 Å². The minimum atomic E-state index is 0. The molecule has 5 heteroatoms. The highest BCUT2D eigenvalue weighted by Crippen LogP contribution is 2.20. The van der Waals surface area contributed by atoms with Crippen LogP contribution in [0.1, 0.15) is 31.2 Å². The fourth-order valence-electron chi connectivity index (χ4n) is 3.66. The summed E-state index contributed by atoms with van der Waals surface area (Å²) < 4.78 is 11.4. The lowest BCUT2D eigenvalue weighted by Crippen LogP contribution is -2.38. The fourth-order valence-corrected chi connectivity index (χ4v) is 3.66. The van der Waals surface area contributed by atoms with E-state index in [4.69, 9.17) is 9.47 Å². The molecule has 1 aromatic rings. The van der Waals surface area contributed by atoms with Crippen molar-refractivity contribution in [2.24, 2.45) is 5.92 Å². The summed E-state index contributed by atoms with van der Waals surface area (Å²) in [5, 5.41) is 3.31. The number of hydrogen-bond acceptors (Lipinski definition) is 4. The van der Waals surface area contributed by atoms with Crippen LogP contribution in [-0.4, -0.2) is 50.9 Å². The van der Waals surface area contributed by atoms with Crippen LogP contribution in [-0.2, 0) is 11.3 Å². The molecule has 2 saturated heterocycles. The van der Waals surface area contributed by atoms with Gasteiger partial charge in [0.2, 0.25) is 0 Å². The maximum Gasteiger partial charge on any atom is 0.119 e. The highest BCUT2D eigenvalue weighted by molar-refractivity contribution is 5.85. The van der Waals surface area contributed by atoms with E-state index in [1.165, 1.54) is 31.5 Å². The summed E-state index contributed by atoms with van der Waals surface area (Å²) in [6, 6.07) is 8.59. The van der Waals surface area contributed by atoms with Crippen molar-refractivity contribution in [3.8, 4) is 5.75 Å². The monoisotopic (exact) mass is 354 g/mol. The first-order chi connectivity index (χ1) is 11.3. The van der Waals surface area contributed by atoms with Crippen LogP contribution in [0.3, 0.4) is 0 Å². The molecule has 2 aliphatic heterocycles. The molecule has 2 fully saturated rings. The van der Waals surface area contributed by atoms with Crippen molar-refractivity contribution in [1.29, 1.82) is 0 Å². The number of ether oxygens (including phenoxy) is 2. The molecule has 2 atom stereocenters. The minimum absolute atomic E-state index is 0. The van der Waals surface area contributed by atoms with Crippen molar-refractivity contribution in [1.82, 2.24) is 10.2 Å². The van der Waals surface area contributed by atoms with Crippen molar-refractivity contribution >= 4 is 12.4 Å². The van der Waals surface area contributed by atoms with Gasteiger partial charge < -0.3 is 14.8 Å². The van der Waals surface area contributed by atoms with Gasteiger partial charge in [0.05, 0.1) is 6.10 Å². The zero-order chi connectivity index (χ0) is 15.9. The summed E-state index contributed by atoms with van der Waals surface area (Å²) in [7, 11) is 2.05. The number of halogens is 1. The predicted octanol–water partition coefficient (Wildman–Crippen LogP) is 3.10. The van der Waals surface area contributed by atoms with Gasteiger partial charge in [-0.1, -0.05) is 12.1 Å². The molecule has 2 heterocycles. The molecule has 1 aromatic carbocycles. The Balaban J connectivity index is 0.00000208. The second-order valence-electron chi connectivity index (χ2n) is 6.89. The zero-order valence-electron chi connectivity index (χ0n) is 14.7. The molecule has 4 nitrogen and oxygen atoms in total. The smallest absolute Gasteiger partial charge is 0.119 e. The standard InChI is InChI=1S/C19H30N2O2.ClH/c1-20-12-17-4-2-10-21(14-17)13-16-6-8-18(9-7-16)23-15-19-5-3-11-22-19;/h6-9,17,19-20H,2-5,10-15H2,1H3;1H. The van der Waals surface area contributed by atoms with E-state index in [-0.39, 0.29) is 18.5 Å². The average Bonchev–Trinajstić information content (AvgIpc) is 3.08. The highest BCUT2D eigenvalue weighted by Gasteiger charge is 2.19. The van der Waals surface area contributed by atoms with Gasteiger partial charge >= 0.3 is 0 Å². The Labute approximate surface area is 152 Å². The van der Waals surface area contributed by atoms with Crippen LogP contribution >= 0.6 is 12.4 Å². The van der Waals surface area contributed by atoms with Crippen LogP contribution in [0.5, 0.6) is 5.75 Å². The quantitative estimate of drug-likeness (QED) is 0.815. The molecule has 2 aliphatic rings. The van der Waals surface area contributed by atoms with Crippen molar-refractivity contribution in [2.75, 3.05) is 39.9 Å². The van der Waals surface area contributed by atoms with E-state index >= 15 is 0 Å². The third-order valence-electron chi connectivity index (χ3n) is 4.89. The van der Waals surface area contributed by atoms with Crippen molar-refractivity contribution < 1.29 is 9.47 Å². The van der Waals surface area contributed by atoms with Gasteiger partial charge in [0.1, 0.15) is 12.4 Å². The van der Waals surface area contributed by atoms with Gasteiger partial charge in [-0.05, 0) is 69.4 Å². The predicted molar refractivity (Wildman–Crippen MR) is 100 cm³/mol. The number of hydrogen-bond donors (Lipinski definition) is 1. The first kappa shape index (κ1) is 19.5. The van der Waals surface area contributed by atoms with Gasteiger partial charge in [-0.25, -0.2) is 0 Å². The van der Waals surface area contributed by atoms with Gasteiger partial charge in [-0.2, -0.15) is 0 Å². The molecule has 0 spiro atoms. The molecule has 2 unspecified atom stereocenters. The van der Waals surface area contributed by atoms with Crippen LogP contribution in [0.4, 0.5) is 0 Å². The second-order valence-corrected chi connectivity index (χ2v) is 6.89. The Bertz CT molecular complexity index is 461. The first-order valence-electron chi connectivity index (χ1n) is 9.04. The lowest BCUT2D eigenvalue weighted by Gasteiger charge is -2.32. The van der Waals surface area contributed by atoms with Gasteiger partial charge in [0, 0.05) is 19.7 Å². The Morgan fingerprint density at radius 1 is 1.21 bits per heavy atom. The van der Waals surface area contributed by atoms with Crippen LogP contribution < -0.4 is 10.1 Å². The Morgan fingerprint density at radius 3 is 2.75 bits per heavy atom. The SMILES string of the molecule is CNCC1CCCN(Cc2ccc(OCC3CCCO3)cc2)C1.Cl. The summed E-state index contributed by atoms with van der Waals surface area (Å²) in [5.41, 5.74) is 1.37. The normalized spacial score (nSPS) is 24.5. The van der Waals surface area contributed by atoms with Gasteiger partial charge in [-0.15, -0.1) is 12.4 Å². The molecule has 1 N–H and O–H groups in total. The topological polar surface area (TPSA) is 33.7 Å². The van der Waals surface area contributed by atoms with Crippen molar-refractivity contribution in [2.45, 2.75) is 38.3 Å². The van der Waals surface area contributed by atoms with Crippen molar-refractivity contribution in [3.05, 3.63) is 29.8 Å². The van der Waals surface area contributed by atoms with E-state index in [2.05, 4.69) is 34.5 Å². The number of nitrogens with one attached hydrogen (secondary N) is 1. The fraction of sp³-hybridized carbons (Fsp3) is 0.684. The molecule has 0 aliphatic carbocycles. The summed E-state index contributed by atoms with van der Waals surface area (Å²) in [6.07, 6.45) is 5.24. The number of benzene rings is 1. The second kappa shape index (κ2) is 10.2. The van der Waals surface area contributed by atoms with Crippen LogP contribution in [0.25, 0.3) is 0 Å². The molecule has 136 valence electrons. The van der Waals surface area contributed by atoms with E-state index in [1.807, 2.05) is 7.05 Å². The Kier molecular flexibility index (Phi) is 8.33. The van der Waals surface area contributed by atoms with E-state index in [0.29, 0.717) is 6.61 Å². The summed E-state index contributed by atoms with van der Waals surface area (Å²) in [6.45, 7) is 6.17. The molecule has 24 heavy (non-hydrogen) atoms. The number of piperidine rings is 1. The number of rotatable bonds is 7. The van der Waals surface area contributed by atoms with E-state index in [0.717, 1.165) is 44.2 Å². The summed E-state index contributed by atoms with van der Waals surface area (Å²) >= 11 is 0. The highest BCUT2D eigenvalue weighted by atomic mass is 35.5. The summed E-state index contributed by atoms with van der Waals surface area (Å²) in [4.78, 5) is 2.58. The Hall–Kier alpha value is -0.810. The number of likely N-dealkylation sites (tertiary alicyclic amines) is 1. The zero-order valence-corrected chi connectivity index (χ0v) is 15.5. The van der Waals surface area contributed by atoms with Crippen LogP contribution in [0, 0.1) is 5.92 Å². The maximum atomic E-state index is 5.84. The lowest BCUT2D eigenvalue weighted by atomic mass is 9.97. The van der Waals surface area contributed by atoms with Gasteiger partial charge in [0.25, 0.3) is 0 Å². The van der Waals surface area contributed by atoms with Crippen LogP contribution in [0.15, 0.2) is 24.3 Å². The van der Waals surface area contributed by atoms with Gasteiger partial charge in [-0.3, -0.25) is 4.90 Å². The third kappa shape index (κ3) is 5.92. The Morgan fingerprint density at radius 2 is 2.04 bits per heavy atom. The molecule has 0 radical (unpaired) electrons. The van der Waals surface area contributed by atoms with Crippen molar-refractivity contribution in [3.63, 3.8) is 0 Å². The molecule has 0 amide bonds. The minimum Gasteiger partial charge on any atom is -0.491 e.